The molecule has 0 saturated heterocycles. The van der Waals surface area contributed by atoms with Gasteiger partial charge >= 0.3 is 8.03 Å². The van der Waals surface area contributed by atoms with E-state index in [1.165, 1.54) is 0 Å². The van der Waals surface area contributed by atoms with Crippen LogP contribution in [0.2, 0.25) is 0 Å². The fourth-order valence-electron chi connectivity index (χ4n) is 0.908. The van der Waals surface area contributed by atoms with Gasteiger partial charge in [-0.3, -0.25) is 0 Å². The maximum atomic E-state index is 10.3. The first-order valence-electron chi connectivity index (χ1n) is 3.55. The molecule has 0 aliphatic rings. The third-order valence-electron chi connectivity index (χ3n) is 1.53. The van der Waals surface area contributed by atoms with Gasteiger partial charge in [-0.15, -0.1) is 0 Å². The van der Waals surface area contributed by atoms with Gasteiger partial charge in [0.05, 0.1) is 0 Å². The molecule has 0 aliphatic heterocycles. The third-order valence-corrected chi connectivity index (χ3v) is 2.15. The maximum absolute atomic E-state index is 10.3. The zero-order valence-electron chi connectivity index (χ0n) is 6.56. The SMILES string of the molecule is C=Cc1ccc(C[P+](=O)[O-])cc1. The van der Waals surface area contributed by atoms with Crippen LogP contribution >= 0.6 is 8.03 Å². The van der Waals surface area contributed by atoms with Gasteiger partial charge in [0.1, 0.15) is 0 Å². The van der Waals surface area contributed by atoms with Gasteiger partial charge in [-0.2, -0.15) is 0 Å². The first kappa shape index (κ1) is 9.11. The molecule has 0 fully saturated rings. The zero-order chi connectivity index (χ0) is 8.97. The van der Waals surface area contributed by atoms with Gasteiger partial charge in [0.25, 0.3) is 0 Å². The van der Waals surface area contributed by atoms with Gasteiger partial charge in [-0.1, -0.05) is 41.5 Å². The first-order chi connectivity index (χ1) is 5.72. The van der Waals surface area contributed by atoms with Crippen molar-refractivity contribution in [2.24, 2.45) is 0 Å². The predicted molar refractivity (Wildman–Crippen MR) is 47.8 cm³/mol. The Hall–Kier alpha value is -0.980. The van der Waals surface area contributed by atoms with Gasteiger partial charge in [0.2, 0.25) is 0 Å². The van der Waals surface area contributed by atoms with Crippen molar-refractivity contribution < 1.29 is 9.46 Å². The van der Waals surface area contributed by atoms with Gasteiger partial charge in [0, 0.05) is 0 Å². The normalized spacial score (nSPS) is 10.9. The average molecular weight is 180 g/mol. The molecule has 0 aromatic heterocycles. The molecule has 12 heavy (non-hydrogen) atoms. The molecule has 1 atom stereocenters. The van der Waals surface area contributed by atoms with Crippen LogP contribution in [0.3, 0.4) is 0 Å². The zero-order valence-corrected chi connectivity index (χ0v) is 7.46. The fourth-order valence-corrected chi connectivity index (χ4v) is 1.42. The van der Waals surface area contributed by atoms with Crippen molar-refractivity contribution >= 4 is 14.1 Å². The summed E-state index contributed by atoms with van der Waals surface area (Å²) in [6.07, 6.45) is 1.84. The summed E-state index contributed by atoms with van der Waals surface area (Å²) < 4.78 is 10.3. The average Bonchev–Trinajstić information content (AvgIpc) is 2.05. The summed E-state index contributed by atoms with van der Waals surface area (Å²) in [6.45, 7) is 3.60. The van der Waals surface area contributed by atoms with E-state index in [0.29, 0.717) is 0 Å². The molecule has 2 nitrogen and oxygen atoms in total. The Balaban J connectivity index is 2.77. The van der Waals surface area contributed by atoms with E-state index >= 15 is 0 Å². The standard InChI is InChI=1S/C9H9O2P/c1-2-8-3-5-9(6-4-8)7-12(10)11/h2-6H,1,7H2. The van der Waals surface area contributed by atoms with Crippen LogP contribution in [0.4, 0.5) is 0 Å². The van der Waals surface area contributed by atoms with Gasteiger partial charge in [-0.25, -0.2) is 0 Å². The van der Waals surface area contributed by atoms with E-state index in [-0.39, 0.29) is 6.16 Å². The van der Waals surface area contributed by atoms with E-state index in [0.717, 1.165) is 11.1 Å². The number of hydrogen-bond acceptors (Lipinski definition) is 2. The summed E-state index contributed by atoms with van der Waals surface area (Å²) in [5.74, 6) is 0. The Morgan fingerprint density at radius 1 is 1.42 bits per heavy atom. The Morgan fingerprint density at radius 2 is 2.00 bits per heavy atom. The molecule has 1 aromatic rings. The minimum Gasteiger partial charge on any atom is -0.595 e. The smallest absolute Gasteiger partial charge is 0.313 e. The molecule has 0 aliphatic carbocycles. The lowest BCUT2D eigenvalue weighted by atomic mass is 10.1. The Morgan fingerprint density at radius 3 is 2.42 bits per heavy atom. The summed E-state index contributed by atoms with van der Waals surface area (Å²) in [5, 5.41) is 0. The van der Waals surface area contributed by atoms with Gasteiger partial charge in [-0.05, 0) is 11.1 Å². The molecule has 0 N–H and O–H groups in total. The second kappa shape index (κ2) is 4.15. The lowest BCUT2D eigenvalue weighted by Gasteiger charge is -1.95. The highest BCUT2D eigenvalue weighted by Crippen LogP contribution is 2.17. The van der Waals surface area contributed by atoms with E-state index < -0.39 is 8.03 Å². The number of hydrogen-bond donors (Lipinski definition) is 0. The van der Waals surface area contributed by atoms with Crippen molar-refractivity contribution in [2.75, 3.05) is 0 Å². The molecule has 1 unspecified atom stereocenters. The van der Waals surface area contributed by atoms with E-state index in [9.17, 15) is 9.46 Å². The molecule has 0 spiro atoms. The Labute approximate surface area is 72.4 Å². The molecule has 0 radical (unpaired) electrons. The molecular weight excluding hydrogens is 171 g/mol. The van der Waals surface area contributed by atoms with E-state index in [1.54, 1.807) is 18.2 Å². The largest absolute Gasteiger partial charge is 0.595 e. The van der Waals surface area contributed by atoms with E-state index in [1.807, 2.05) is 12.1 Å². The van der Waals surface area contributed by atoms with Crippen molar-refractivity contribution in [3.8, 4) is 0 Å². The number of rotatable bonds is 3. The first-order valence-corrected chi connectivity index (χ1v) is 4.92. The topological polar surface area (TPSA) is 40.1 Å². The van der Waals surface area contributed by atoms with Crippen LogP contribution in [0.1, 0.15) is 11.1 Å². The van der Waals surface area contributed by atoms with Crippen LogP contribution in [0.5, 0.6) is 0 Å². The minimum absolute atomic E-state index is 0.118. The lowest BCUT2D eigenvalue weighted by molar-refractivity contribution is -0.164. The second-order valence-corrected chi connectivity index (χ2v) is 3.42. The summed E-state index contributed by atoms with van der Waals surface area (Å²) in [5.41, 5.74) is 1.82. The Kier molecular flexibility index (Phi) is 3.15. The summed E-state index contributed by atoms with van der Waals surface area (Å²) in [4.78, 5) is 10.3. The fraction of sp³-hybridized carbons (Fsp3) is 0.111. The highest BCUT2D eigenvalue weighted by Gasteiger charge is 2.01. The monoisotopic (exact) mass is 180 g/mol. The molecule has 1 aromatic carbocycles. The van der Waals surface area contributed by atoms with Crippen LogP contribution < -0.4 is 4.89 Å². The van der Waals surface area contributed by atoms with Crippen molar-refractivity contribution in [1.29, 1.82) is 0 Å². The lowest BCUT2D eigenvalue weighted by Crippen LogP contribution is -1.89. The molecule has 0 bridgehead atoms. The molecule has 0 saturated carbocycles. The number of benzene rings is 1. The summed E-state index contributed by atoms with van der Waals surface area (Å²) in [6, 6.07) is 7.28. The molecule has 0 amide bonds. The van der Waals surface area contributed by atoms with Crippen LogP contribution in [0.15, 0.2) is 30.8 Å². The van der Waals surface area contributed by atoms with Crippen molar-refractivity contribution in [3.05, 3.63) is 42.0 Å². The van der Waals surface area contributed by atoms with Crippen LogP contribution in [-0.4, -0.2) is 0 Å². The molecule has 1 rings (SSSR count). The van der Waals surface area contributed by atoms with Crippen LogP contribution in [0, 0.1) is 0 Å². The minimum atomic E-state index is -2.32. The molecule has 62 valence electrons. The van der Waals surface area contributed by atoms with Crippen molar-refractivity contribution in [3.63, 3.8) is 0 Å². The highest BCUT2D eigenvalue weighted by molar-refractivity contribution is 7.35. The van der Waals surface area contributed by atoms with Gasteiger partial charge < -0.3 is 4.89 Å². The summed E-state index contributed by atoms with van der Waals surface area (Å²) >= 11 is 0. The summed E-state index contributed by atoms with van der Waals surface area (Å²) in [7, 11) is -2.32. The molecular formula is C9H9O2P. The van der Waals surface area contributed by atoms with Crippen molar-refractivity contribution in [2.45, 2.75) is 6.16 Å². The molecule has 0 heterocycles. The van der Waals surface area contributed by atoms with Gasteiger partial charge in [0.15, 0.2) is 6.16 Å². The van der Waals surface area contributed by atoms with E-state index in [4.69, 9.17) is 0 Å². The highest BCUT2D eigenvalue weighted by atomic mass is 31.1. The van der Waals surface area contributed by atoms with Crippen LogP contribution in [0.25, 0.3) is 6.08 Å². The maximum Gasteiger partial charge on any atom is 0.313 e. The van der Waals surface area contributed by atoms with E-state index in [2.05, 4.69) is 6.58 Å². The predicted octanol–water partition coefficient (Wildman–Crippen LogP) is 1.93. The quantitative estimate of drug-likeness (QED) is 0.667. The Bertz CT molecular complexity index is 290. The third kappa shape index (κ3) is 2.57. The molecule has 3 heteroatoms. The van der Waals surface area contributed by atoms with Crippen molar-refractivity contribution in [1.82, 2.24) is 0 Å². The van der Waals surface area contributed by atoms with Crippen LogP contribution in [-0.2, 0) is 10.7 Å². The second-order valence-electron chi connectivity index (χ2n) is 2.44.